The molecule has 0 aliphatic heterocycles. The zero-order valence-corrected chi connectivity index (χ0v) is 13.7. The lowest BCUT2D eigenvalue weighted by Gasteiger charge is -2.11. The summed E-state index contributed by atoms with van der Waals surface area (Å²) >= 11 is 13.7. The zero-order valence-electron chi connectivity index (χ0n) is 10.6. The van der Waals surface area contributed by atoms with Crippen molar-refractivity contribution in [3.63, 3.8) is 0 Å². The number of thiocarbonyl (C=S) groups is 1. The van der Waals surface area contributed by atoms with Gasteiger partial charge in [0.25, 0.3) is 0 Å². The first-order valence-corrected chi connectivity index (χ1v) is 7.43. The molecule has 0 unspecified atom stereocenters. The predicted octanol–water partition coefficient (Wildman–Crippen LogP) is 4.63. The molecule has 0 aromatic heterocycles. The number of hydrogen-bond donors (Lipinski definition) is 2. The van der Waals surface area contributed by atoms with Crippen LogP contribution in [0.1, 0.15) is 11.1 Å². The number of nitrogens with two attached hydrogens (primary N) is 1. The van der Waals surface area contributed by atoms with Crippen LogP contribution >= 0.6 is 39.7 Å². The minimum Gasteiger partial charge on any atom is -0.389 e. The molecule has 0 saturated carbocycles. The van der Waals surface area contributed by atoms with E-state index in [1.807, 2.05) is 0 Å². The Kier molecular flexibility index (Phi) is 5.13. The van der Waals surface area contributed by atoms with Crippen LogP contribution in [0.5, 0.6) is 0 Å². The molecule has 7 heteroatoms. The van der Waals surface area contributed by atoms with Crippen molar-refractivity contribution in [1.82, 2.24) is 0 Å². The highest BCUT2D eigenvalue weighted by Crippen LogP contribution is 2.27. The maximum Gasteiger partial charge on any atom is 0.161 e. The summed E-state index contributed by atoms with van der Waals surface area (Å²) in [4.78, 5) is 0.109. The third-order valence-electron chi connectivity index (χ3n) is 2.81. The molecule has 21 heavy (non-hydrogen) atoms. The van der Waals surface area contributed by atoms with E-state index in [0.717, 1.165) is 5.56 Å². The van der Waals surface area contributed by atoms with Gasteiger partial charge in [-0.15, -0.1) is 0 Å². The number of hydrogen-bond acceptors (Lipinski definition) is 2. The van der Waals surface area contributed by atoms with Gasteiger partial charge in [-0.25, -0.2) is 8.78 Å². The normalized spacial score (nSPS) is 10.5. The monoisotopic (exact) mass is 390 g/mol. The fraction of sp³-hybridized carbons (Fsp3) is 0.0714. The molecular weight excluding hydrogens is 382 g/mol. The Morgan fingerprint density at radius 2 is 2.00 bits per heavy atom. The van der Waals surface area contributed by atoms with Crippen LogP contribution in [0, 0.1) is 11.6 Å². The van der Waals surface area contributed by atoms with E-state index >= 15 is 0 Å². The molecular formula is C14H10BrClF2N2S. The molecule has 0 amide bonds. The van der Waals surface area contributed by atoms with Crippen LogP contribution in [0.2, 0.25) is 5.02 Å². The smallest absolute Gasteiger partial charge is 0.161 e. The second-order valence-corrected chi connectivity index (χ2v) is 5.89. The number of anilines is 1. The number of halogens is 4. The van der Waals surface area contributed by atoms with E-state index in [1.54, 1.807) is 18.2 Å². The largest absolute Gasteiger partial charge is 0.389 e. The van der Waals surface area contributed by atoms with Crippen LogP contribution in [-0.2, 0) is 6.54 Å². The fourth-order valence-electron chi connectivity index (χ4n) is 1.72. The number of nitrogens with one attached hydrogen (secondary N) is 1. The molecule has 0 bridgehead atoms. The third-order valence-corrected chi connectivity index (χ3v) is 4.10. The molecule has 0 fully saturated rings. The SMILES string of the molecule is NC(=S)c1ccc(NCc2ccc(F)c(Cl)c2)c(F)c1Br. The van der Waals surface area contributed by atoms with Crippen molar-refractivity contribution in [3.8, 4) is 0 Å². The molecule has 0 atom stereocenters. The van der Waals surface area contributed by atoms with Gasteiger partial charge in [-0.2, -0.15) is 0 Å². The summed E-state index contributed by atoms with van der Waals surface area (Å²) in [6, 6.07) is 7.49. The van der Waals surface area contributed by atoms with E-state index in [1.165, 1.54) is 12.1 Å². The Hall–Kier alpha value is -1.24. The van der Waals surface area contributed by atoms with E-state index in [2.05, 4.69) is 21.2 Å². The first-order valence-electron chi connectivity index (χ1n) is 5.85. The van der Waals surface area contributed by atoms with E-state index in [9.17, 15) is 8.78 Å². The molecule has 0 saturated heterocycles. The minimum atomic E-state index is -0.492. The summed E-state index contributed by atoms with van der Waals surface area (Å²) in [5.74, 6) is -0.983. The molecule has 2 nitrogen and oxygen atoms in total. The van der Waals surface area contributed by atoms with Crippen molar-refractivity contribution in [2.75, 3.05) is 5.32 Å². The average molecular weight is 392 g/mol. The summed E-state index contributed by atoms with van der Waals surface area (Å²) in [6.07, 6.45) is 0. The van der Waals surface area contributed by atoms with Crippen LogP contribution in [0.15, 0.2) is 34.8 Å². The van der Waals surface area contributed by atoms with Gasteiger partial charge in [0, 0.05) is 12.1 Å². The topological polar surface area (TPSA) is 38.0 Å². The molecule has 2 aromatic rings. The fourth-order valence-corrected chi connectivity index (χ4v) is 2.79. The molecule has 2 rings (SSSR count). The first-order chi connectivity index (χ1) is 9.90. The van der Waals surface area contributed by atoms with Crippen molar-refractivity contribution in [3.05, 3.63) is 62.6 Å². The molecule has 2 aromatic carbocycles. The van der Waals surface area contributed by atoms with Crippen molar-refractivity contribution in [1.29, 1.82) is 0 Å². The predicted molar refractivity (Wildman–Crippen MR) is 88.7 cm³/mol. The molecule has 3 N–H and O–H groups in total. The molecule has 0 aliphatic carbocycles. The molecule has 110 valence electrons. The van der Waals surface area contributed by atoms with Crippen molar-refractivity contribution >= 4 is 50.4 Å². The van der Waals surface area contributed by atoms with Gasteiger partial charge in [0.2, 0.25) is 0 Å². The highest BCUT2D eigenvalue weighted by molar-refractivity contribution is 9.10. The molecule has 0 radical (unpaired) electrons. The second kappa shape index (κ2) is 6.68. The van der Waals surface area contributed by atoms with Gasteiger partial charge >= 0.3 is 0 Å². The Labute approximate surface area is 139 Å². The van der Waals surface area contributed by atoms with Crippen LogP contribution in [0.3, 0.4) is 0 Å². The quantitative estimate of drug-likeness (QED) is 0.747. The zero-order chi connectivity index (χ0) is 15.6. The van der Waals surface area contributed by atoms with Crippen LogP contribution in [0.25, 0.3) is 0 Å². The van der Waals surface area contributed by atoms with Crippen molar-refractivity contribution < 1.29 is 8.78 Å². The van der Waals surface area contributed by atoms with Gasteiger partial charge in [-0.3, -0.25) is 0 Å². The third kappa shape index (κ3) is 3.70. The maximum absolute atomic E-state index is 14.2. The molecule has 0 spiro atoms. The van der Waals surface area contributed by atoms with E-state index < -0.39 is 11.6 Å². The lowest BCUT2D eigenvalue weighted by atomic mass is 10.1. The summed E-state index contributed by atoms with van der Waals surface area (Å²) in [5.41, 5.74) is 6.93. The van der Waals surface area contributed by atoms with E-state index in [-0.39, 0.29) is 20.2 Å². The highest BCUT2D eigenvalue weighted by atomic mass is 79.9. The lowest BCUT2D eigenvalue weighted by molar-refractivity contribution is 0.622. The lowest BCUT2D eigenvalue weighted by Crippen LogP contribution is -2.12. The second-order valence-electron chi connectivity index (χ2n) is 4.25. The van der Waals surface area contributed by atoms with Crippen LogP contribution in [-0.4, -0.2) is 4.99 Å². The molecule has 0 aliphatic rings. The Balaban J connectivity index is 2.18. The van der Waals surface area contributed by atoms with E-state index in [0.29, 0.717) is 12.1 Å². The summed E-state index contributed by atoms with van der Waals surface area (Å²) < 4.78 is 27.4. The van der Waals surface area contributed by atoms with Gasteiger partial charge in [0.15, 0.2) is 5.82 Å². The van der Waals surface area contributed by atoms with Gasteiger partial charge in [-0.05, 0) is 45.8 Å². The Morgan fingerprint density at radius 3 is 2.62 bits per heavy atom. The van der Waals surface area contributed by atoms with Gasteiger partial charge < -0.3 is 11.1 Å². The Morgan fingerprint density at radius 1 is 1.29 bits per heavy atom. The summed E-state index contributed by atoms with van der Waals surface area (Å²) in [5, 5.41) is 2.94. The first kappa shape index (κ1) is 16.1. The summed E-state index contributed by atoms with van der Waals surface area (Å²) in [7, 11) is 0. The average Bonchev–Trinajstić information content (AvgIpc) is 2.43. The number of benzene rings is 2. The van der Waals surface area contributed by atoms with Gasteiger partial charge in [-0.1, -0.05) is 29.9 Å². The minimum absolute atomic E-state index is 0.0276. The van der Waals surface area contributed by atoms with Crippen molar-refractivity contribution in [2.45, 2.75) is 6.54 Å². The highest BCUT2D eigenvalue weighted by Gasteiger charge is 2.12. The van der Waals surface area contributed by atoms with Gasteiger partial charge in [0.05, 0.1) is 15.2 Å². The van der Waals surface area contributed by atoms with Gasteiger partial charge in [0.1, 0.15) is 10.8 Å². The maximum atomic E-state index is 14.2. The van der Waals surface area contributed by atoms with Crippen LogP contribution < -0.4 is 11.1 Å². The number of rotatable bonds is 4. The standard InChI is InChI=1S/C14H10BrClF2N2S/c15-12-8(14(19)21)2-4-11(13(12)18)20-6-7-1-3-10(17)9(16)5-7/h1-5,20H,6H2,(H2,19,21). The summed E-state index contributed by atoms with van der Waals surface area (Å²) in [6.45, 7) is 0.301. The Bertz CT molecular complexity index is 710. The van der Waals surface area contributed by atoms with Crippen molar-refractivity contribution in [2.24, 2.45) is 5.73 Å². The van der Waals surface area contributed by atoms with Crippen LogP contribution in [0.4, 0.5) is 14.5 Å². The van der Waals surface area contributed by atoms with E-state index in [4.69, 9.17) is 29.6 Å². The molecule has 0 heterocycles.